The van der Waals surface area contributed by atoms with E-state index in [0.29, 0.717) is 12.0 Å². The first-order chi connectivity index (χ1) is 15.2. The Morgan fingerprint density at radius 3 is 2.59 bits per heavy atom. The summed E-state index contributed by atoms with van der Waals surface area (Å²) in [7, 11) is -4.19. The number of anilines is 1. The molecule has 0 saturated carbocycles. The molecular weight excluding hydrogens is 459 g/mol. The second-order valence-electron chi connectivity index (χ2n) is 7.95. The summed E-state index contributed by atoms with van der Waals surface area (Å²) in [5.41, 5.74) is 0.868. The molecule has 3 aliphatic rings. The van der Waals surface area contributed by atoms with Gasteiger partial charge in [0.1, 0.15) is 22.8 Å². The van der Waals surface area contributed by atoms with Crippen LogP contribution >= 0.6 is 11.6 Å². The van der Waals surface area contributed by atoms with E-state index < -0.39 is 50.8 Å². The largest absolute Gasteiger partial charge is 0.332 e. The summed E-state index contributed by atoms with van der Waals surface area (Å²) >= 11 is 6.22. The Balaban J connectivity index is 1.52. The summed E-state index contributed by atoms with van der Waals surface area (Å²) in [5, 5.41) is 9.29. The van der Waals surface area contributed by atoms with Gasteiger partial charge < -0.3 is 4.90 Å². The highest BCUT2D eigenvalue weighted by atomic mass is 35.5. The summed E-state index contributed by atoms with van der Waals surface area (Å²) in [6, 6.07) is 7.09. The van der Waals surface area contributed by atoms with Gasteiger partial charge in [-0.2, -0.15) is 9.57 Å². The third-order valence-electron chi connectivity index (χ3n) is 6.36. The van der Waals surface area contributed by atoms with Gasteiger partial charge >= 0.3 is 6.03 Å². The molecule has 0 N–H and O–H groups in total. The maximum Gasteiger partial charge on any atom is 0.332 e. The number of rotatable bonds is 3. The van der Waals surface area contributed by atoms with Crippen molar-refractivity contribution in [1.82, 2.24) is 9.21 Å². The van der Waals surface area contributed by atoms with Crippen molar-refractivity contribution in [1.29, 1.82) is 5.26 Å². The number of benzene rings is 2. The van der Waals surface area contributed by atoms with E-state index in [1.165, 1.54) is 35.2 Å². The van der Waals surface area contributed by atoms with Gasteiger partial charge in [-0.05, 0) is 43.2 Å². The molecule has 0 radical (unpaired) electrons. The van der Waals surface area contributed by atoms with Gasteiger partial charge in [0.25, 0.3) is 5.91 Å². The Labute approximate surface area is 188 Å². The van der Waals surface area contributed by atoms with Crippen LogP contribution in [0, 0.1) is 24.1 Å². The summed E-state index contributed by atoms with van der Waals surface area (Å²) < 4.78 is 41.7. The molecule has 32 heavy (non-hydrogen) atoms. The zero-order valence-electron chi connectivity index (χ0n) is 16.7. The van der Waals surface area contributed by atoms with Gasteiger partial charge in [-0.25, -0.2) is 22.5 Å². The average molecular weight is 475 g/mol. The van der Waals surface area contributed by atoms with Gasteiger partial charge in [0.05, 0.1) is 22.3 Å². The predicted molar refractivity (Wildman–Crippen MR) is 112 cm³/mol. The topological polar surface area (TPSA) is 102 Å². The molecule has 0 spiro atoms. The summed E-state index contributed by atoms with van der Waals surface area (Å²) in [4.78, 5) is 28.5. The minimum Gasteiger partial charge on any atom is -0.306 e. The minimum absolute atomic E-state index is 0.0161. The second kappa shape index (κ2) is 7.00. The lowest BCUT2D eigenvalue weighted by molar-refractivity contribution is -0.120. The number of amides is 3. The molecule has 11 heteroatoms. The number of carbonyl (C=O) groups excluding carboxylic acids is 2. The zero-order valence-corrected chi connectivity index (χ0v) is 18.3. The fraction of sp³-hybridized carbons (Fsp3) is 0.286. The molecule has 2 aromatic carbocycles. The quantitative estimate of drug-likeness (QED) is 0.636. The molecule has 0 aromatic heterocycles. The van der Waals surface area contributed by atoms with Crippen LogP contribution in [0.2, 0.25) is 5.02 Å². The summed E-state index contributed by atoms with van der Waals surface area (Å²) in [6.07, 6.45) is 0.302. The molecular formula is C21H16ClFN4O4S. The molecule has 3 amide bonds. The van der Waals surface area contributed by atoms with E-state index in [1.54, 1.807) is 6.92 Å². The number of halogens is 2. The monoisotopic (exact) mass is 474 g/mol. The summed E-state index contributed by atoms with van der Waals surface area (Å²) in [6.45, 7) is 1.59. The molecule has 3 heterocycles. The van der Waals surface area contributed by atoms with Crippen LogP contribution in [0.15, 0.2) is 41.3 Å². The molecule has 0 unspecified atom stereocenters. The van der Waals surface area contributed by atoms with Gasteiger partial charge in [0.15, 0.2) is 0 Å². The third kappa shape index (κ3) is 2.65. The predicted octanol–water partition coefficient (Wildman–Crippen LogP) is 2.64. The maximum atomic E-state index is 14.2. The molecule has 3 fully saturated rings. The van der Waals surface area contributed by atoms with Crippen LogP contribution in [0.1, 0.15) is 17.5 Å². The van der Waals surface area contributed by atoms with E-state index >= 15 is 0 Å². The normalized spacial score (nSPS) is 24.9. The highest BCUT2D eigenvalue weighted by Gasteiger charge is 2.64. The zero-order chi connectivity index (χ0) is 22.9. The molecule has 8 nitrogen and oxygen atoms in total. The van der Waals surface area contributed by atoms with E-state index in [4.69, 9.17) is 16.9 Å². The molecule has 3 aliphatic heterocycles. The first-order valence-electron chi connectivity index (χ1n) is 9.80. The highest BCUT2D eigenvalue weighted by Crippen LogP contribution is 2.45. The maximum absolute atomic E-state index is 14.2. The number of hydrogen-bond acceptors (Lipinski definition) is 5. The average Bonchev–Trinajstić information content (AvgIpc) is 3.43. The van der Waals surface area contributed by atoms with Crippen molar-refractivity contribution < 1.29 is 22.4 Å². The van der Waals surface area contributed by atoms with E-state index in [0.717, 1.165) is 15.3 Å². The molecule has 2 aromatic rings. The van der Waals surface area contributed by atoms with Crippen LogP contribution in [0.3, 0.4) is 0 Å². The van der Waals surface area contributed by atoms with Crippen molar-refractivity contribution in [2.24, 2.45) is 0 Å². The van der Waals surface area contributed by atoms with Gasteiger partial charge in [-0.1, -0.05) is 23.7 Å². The standard InChI is InChI=1S/C21H16ClFN4O4S/c1-11-15(7-6-12(9-24)18(11)22)27-20(28)19-16-8-13(26(19)21(27)29)10-25(16)32(30,31)17-5-3-2-4-14(17)23/h2-7,13,16,19H,8,10H2,1H3/t13-,16-,19-/m0/s1. The first-order valence-corrected chi connectivity index (χ1v) is 11.6. The van der Waals surface area contributed by atoms with Gasteiger partial charge in [0, 0.05) is 12.6 Å². The van der Waals surface area contributed by atoms with Gasteiger partial charge in [0.2, 0.25) is 10.0 Å². The highest BCUT2D eigenvalue weighted by molar-refractivity contribution is 7.89. The number of carbonyl (C=O) groups is 2. The lowest BCUT2D eigenvalue weighted by Crippen LogP contribution is -2.54. The number of nitrogens with zero attached hydrogens (tertiary/aromatic N) is 4. The number of piperazine rings is 1. The fourth-order valence-corrected chi connectivity index (χ4v) is 6.84. The number of fused-ring (bicyclic) bond motifs is 5. The number of sulfonamides is 1. The van der Waals surface area contributed by atoms with Crippen molar-refractivity contribution in [3.63, 3.8) is 0 Å². The minimum atomic E-state index is -4.19. The smallest absolute Gasteiger partial charge is 0.306 e. The number of nitriles is 1. The van der Waals surface area contributed by atoms with Crippen LogP contribution in [0.25, 0.3) is 0 Å². The van der Waals surface area contributed by atoms with E-state index in [-0.39, 0.29) is 22.8 Å². The Morgan fingerprint density at radius 2 is 1.91 bits per heavy atom. The number of imide groups is 1. The Bertz CT molecular complexity index is 1340. The molecule has 0 aliphatic carbocycles. The lowest BCUT2D eigenvalue weighted by Gasteiger charge is -2.34. The number of hydrogen-bond donors (Lipinski definition) is 0. The molecule has 3 saturated heterocycles. The van der Waals surface area contributed by atoms with Crippen molar-refractivity contribution >= 4 is 39.2 Å². The first kappa shape index (κ1) is 20.9. The van der Waals surface area contributed by atoms with Crippen molar-refractivity contribution in [2.75, 3.05) is 11.4 Å². The van der Waals surface area contributed by atoms with Crippen molar-refractivity contribution in [3.8, 4) is 6.07 Å². The Kier molecular flexibility index (Phi) is 4.57. The third-order valence-corrected chi connectivity index (χ3v) is 8.77. The summed E-state index contributed by atoms with van der Waals surface area (Å²) in [5.74, 6) is -1.44. The van der Waals surface area contributed by atoms with Crippen LogP contribution in [-0.4, -0.2) is 54.2 Å². The van der Waals surface area contributed by atoms with Crippen molar-refractivity contribution in [3.05, 3.63) is 58.4 Å². The Hall–Kier alpha value is -3.00. The van der Waals surface area contributed by atoms with Crippen LogP contribution in [0.5, 0.6) is 0 Å². The molecule has 3 atom stereocenters. The van der Waals surface area contributed by atoms with Crippen molar-refractivity contribution in [2.45, 2.75) is 36.4 Å². The SMILES string of the molecule is Cc1c(N2C(=O)[C@@H]3[C@@H]4C[C@@H](CN4S(=O)(=O)c4ccccc4F)N3C2=O)ccc(C#N)c1Cl. The molecule has 164 valence electrons. The van der Waals surface area contributed by atoms with Gasteiger partial charge in [-0.15, -0.1) is 0 Å². The van der Waals surface area contributed by atoms with E-state index in [2.05, 4.69) is 0 Å². The van der Waals surface area contributed by atoms with E-state index in [1.807, 2.05) is 6.07 Å². The fourth-order valence-electron chi connectivity index (χ4n) is 4.90. The molecule has 5 rings (SSSR count). The van der Waals surface area contributed by atoms with Crippen LogP contribution < -0.4 is 4.90 Å². The van der Waals surface area contributed by atoms with Crippen LogP contribution in [-0.2, 0) is 14.8 Å². The van der Waals surface area contributed by atoms with Gasteiger partial charge in [-0.3, -0.25) is 4.79 Å². The number of urea groups is 1. The molecule has 2 bridgehead atoms. The lowest BCUT2D eigenvalue weighted by atomic mass is 10.1. The van der Waals surface area contributed by atoms with E-state index in [9.17, 15) is 22.4 Å². The second-order valence-corrected chi connectivity index (χ2v) is 10.2. The van der Waals surface area contributed by atoms with Crippen LogP contribution in [0.4, 0.5) is 14.9 Å². The Morgan fingerprint density at radius 1 is 1.19 bits per heavy atom.